The highest BCUT2D eigenvalue weighted by Crippen LogP contribution is 2.27. The molecule has 0 unspecified atom stereocenters. The lowest BCUT2D eigenvalue weighted by Crippen LogP contribution is -2.01. The lowest BCUT2D eigenvalue weighted by Gasteiger charge is -2.03. The van der Waals surface area contributed by atoms with Crippen LogP contribution in [0.15, 0.2) is 46.7 Å². The Hall–Kier alpha value is -1.95. The van der Waals surface area contributed by atoms with E-state index < -0.39 is 11.8 Å². The first-order valence-electron chi connectivity index (χ1n) is 4.64. The number of carboxylic acid groups (broad SMARTS) is 1. The van der Waals surface area contributed by atoms with Gasteiger partial charge in [0.15, 0.2) is 0 Å². The minimum Gasteiger partial charge on any atom is -0.478 e. The number of rotatable bonds is 3. The molecular formula is C11H7FN2O2S. The predicted molar refractivity (Wildman–Crippen MR) is 59.5 cm³/mol. The van der Waals surface area contributed by atoms with Gasteiger partial charge in [-0.2, -0.15) is 0 Å². The van der Waals surface area contributed by atoms with Crippen LogP contribution in [-0.4, -0.2) is 21.0 Å². The summed E-state index contributed by atoms with van der Waals surface area (Å²) in [5, 5.41) is 9.75. The molecule has 4 nitrogen and oxygen atoms in total. The van der Waals surface area contributed by atoms with Gasteiger partial charge in [-0.15, -0.1) is 0 Å². The van der Waals surface area contributed by atoms with Crippen molar-refractivity contribution in [3.05, 3.63) is 48.0 Å². The number of aromatic carboxylic acids is 1. The monoisotopic (exact) mass is 250 g/mol. The number of carbonyl (C=O) groups is 1. The lowest BCUT2D eigenvalue weighted by molar-refractivity contribution is 0.0691. The first kappa shape index (κ1) is 11.5. The average molecular weight is 250 g/mol. The number of pyridine rings is 2. The molecule has 0 saturated heterocycles. The second kappa shape index (κ2) is 4.92. The summed E-state index contributed by atoms with van der Waals surface area (Å²) in [5.74, 6) is -1.89. The van der Waals surface area contributed by atoms with Gasteiger partial charge >= 0.3 is 5.97 Å². The fourth-order valence-corrected chi connectivity index (χ4v) is 1.99. The molecule has 6 heteroatoms. The maximum absolute atomic E-state index is 12.9. The molecule has 17 heavy (non-hydrogen) atoms. The Kier molecular flexibility index (Phi) is 3.34. The van der Waals surface area contributed by atoms with E-state index in [1.165, 1.54) is 0 Å². The Morgan fingerprint density at radius 1 is 1.35 bits per heavy atom. The third kappa shape index (κ3) is 2.79. The van der Waals surface area contributed by atoms with Gasteiger partial charge in [0.25, 0.3) is 0 Å². The lowest BCUT2D eigenvalue weighted by atomic mass is 10.3. The van der Waals surface area contributed by atoms with Crippen molar-refractivity contribution in [2.75, 3.05) is 0 Å². The molecule has 0 aliphatic heterocycles. The van der Waals surface area contributed by atoms with Crippen molar-refractivity contribution in [1.82, 2.24) is 9.97 Å². The molecule has 1 N–H and O–H groups in total. The van der Waals surface area contributed by atoms with Crippen LogP contribution in [-0.2, 0) is 0 Å². The molecule has 2 aromatic heterocycles. The van der Waals surface area contributed by atoms with Crippen LogP contribution in [0.25, 0.3) is 0 Å². The summed E-state index contributed by atoms with van der Waals surface area (Å²) >= 11 is 1.08. The summed E-state index contributed by atoms with van der Waals surface area (Å²) < 4.78 is 12.9. The zero-order valence-corrected chi connectivity index (χ0v) is 9.32. The third-order valence-electron chi connectivity index (χ3n) is 1.89. The molecule has 0 atom stereocenters. The van der Waals surface area contributed by atoms with Gasteiger partial charge in [-0.25, -0.2) is 19.2 Å². The van der Waals surface area contributed by atoms with Crippen LogP contribution < -0.4 is 0 Å². The summed E-state index contributed by atoms with van der Waals surface area (Å²) in [6.07, 6.45) is 2.57. The quantitative estimate of drug-likeness (QED) is 0.906. The number of aromatic nitrogens is 2. The van der Waals surface area contributed by atoms with Gasteiger partial charge < -0.3 is 5.11 Å². The highest BCUT2D eigenvalue weighted by molar-refractivity contribution is 7.99. The highest BCUT2D eigenvalue weighted by atomic mass is 32.2. The standard InChI is InChI=1S/C11H7FN2O2S/c12-7-5-8(11(15)16)10(14-6-7)17-9-3-1-2-4-13-9/h1-6H,(H,15,16). The van der Waals surface area contributed by atoms with E-state index in [0.29, 0.717) is 5.03 Å². The van der Waals surface area contributed by atoms with E-state index in [2.05, 4.69) is 9.97 Å². The Bertz CT molecular complexity index is 548. The van der Waals surface area contributed by atoms with E-state index in [-0.39, 0.29) is 10.6 Å². The van der Waals surface area contributed by atoms with Crippen LogP contribution in [0.3, 0.4) is 0 Å². The zero-order chi connectivity index (χ0) is 12.3. The molecule has 0 aromatic carbocycles. The van der Waals surface area contributed by atoms with Gasteiger partial charge in [0.05, 0.1) is 11.8 Å². The highest BCUT2D eigenvalue weighted by Gasteiger charge is 2.14. The summed E-state index contributed by atoms with van der Waals surface area (Å²) in [5.41, 5.74) is -0.166. The van der Waals surface area contributed by atoms with E-state index in [1.54, 1.807) is 24.4 Å². The van der Waals surface area contributed by atoms with E-state index in [4.69, 9.17) is 5.11 Å². The second-order valence-corrected chi connectivity index (χ2v) is 4.09. The van der Waals surface area contributed by atoms with E-state index >= 15 is 0 Å². The largest absolute Gasteiger partial charge is 0.478 e. The van der Waals surface area contributed by atoms with Crippen LogP contribution >= 0.6 is 11.8 Å². The number of hydrogen-bond donors (Lipinski definition) is 1. The number of hydrogen-bond acceptors (Lipinski definition) is 4. The van der Waals surface area contributed by atoms with E-state index in [1.807, 2.05) is 0 Å². The molecule has 2 rings (SSSR count). The van der Waals surface area contributed by atoms with Crippen LogP contribution in [0.4, 0.5) is 4.39 Å². The fourth-order valence-electron chi connectivity index (χ4n) is 1.17. The van der Waals surface area contributed by atoms with Crippen molar-refractivity contribution in [2.45, 2.75) is 10.1 Å². The number of carboxylic acids is 1. The molecule has 2 heterocycles. The fraction of sp³-hybridized carbons (Fsp3) is 0. The normalized spacial score (nSPS) is 10.2. The van der Waals surface area contributed by atoms with E-state index in [9.17, 15) is 9.18 Å². The molecule has 0 radical (unpaired) electrons. The Morgan fingerprint density at radius 3 is 2.82 bits per heavy atom. The smallest absolute Gasteiger partial charge is 0.338 e. The van der Waals surface area contributed by atoms with Gasteiger partial charge in [0.2, 0.25) is 0 Å². The summed E-state index contributed by atoms with van der Waals surface area (Å²) in [7, 11) is 0. The Labute approximate surface area is 101 Å². The van der Waals surface area contributed by atoms with Crippen molar-refractivity contribution < 1.29 is 14.3 Å². The maximum Gasteiger partial charge on any atom is 0.338 e. The molecular weight excluding hydrogens is 243 g/mol. The van der Waals surface area contributed by atoms with Crippen LogP contribution in [0.2, 0.25) is 0 Å². The van der Waals surface area contributed by atoms with Crippen molar-refractivity contribution in [3.8, 4) is 0 Å². The average Bonchev–Trinajstić information content (AvgIpc) is 2.32. The van der Waals surface area contributed by atoms with Crippen molar-refractivity contribution in [2.24, 2.45) is 0 Å². The van der Waals surface area contributed by atoms with E-state index in [0.717, 1.165) is 24.0 Å². The maximum atomic E-state index is 12.9. The third-order valence-corrected chi connectivity index (χ3v) is 2.86. The molecule has 86 valence electrons. The minimum absolute atomic E-state index is 0.166. The second-order valence-electron chi connectivity index (χ2n) is 3.08. The van der Waals surface area contributed by atoms with Crippen molar-refractivity contribution >= 4 is 17.7 Å². The van der Waals surface area contributed by atoms with Crippen LogP contribution in [0, 0.1) is 5.82 Å². The molecule has 0 fully saturated rings. The summed E-state index contributed by atoms with van der Waals surface area (Å²) in [4.78, 5) is 18.7. The van der Waals surface area contributed by atoms with Crippen molar-refractivity contribution in [3.63, 3.8) is 0 Å². The van der Waals surface area contributed by atoms with Crippen LogP contribution in [0.5, 0.6) is 0 Å². The molecule has 0 amide bonds. The number of nitrogens with zero attached hydrogens (tertiary/aromatic N) is 2. The topological polar surface area (TPSA) is 63.1 Å². The van der Waals surface area contributed by atoms with Gasteiger partial charge in [0.1, 0.15) is 15.9 Å². The van der Waals surface area contributed by atoms with Gasteiger partial charge in [-0.1, -0.05) is 6.07 Å². The molecule has 0 saturated carbocycles. The molecule has 0 aliphatic carbocycles. The van der Waals surface area contributed by atoms with Crippen LogP contribution in [0.1, 0.15) is 10.4 Å². The SMILES string of the molecule is O=C(O)c1cc(F)cnc1Sc1ccccn1. The number of halogens is 1. The molecule has 0 bridgehead atoms. The van der Waals surface area contributed by atoms with Gasteiger partial charge in [-0.3, -0.25) is 0 Å². The summed E-state index contributed by atoms with van der Waals surface area (Å²) in [6.45, 7) is 0. The van der Waals surface area contributed by atoms with Crippen molar-refractivity contribution in [1.29, 1.82) is 0 Å². The van der Waals surface area contributed by atoms with Gasteiger partial charge in [0, 0.05) is 6.20 Å². The molecule has 0 aliphatic rings. The zero-order valence-electron chi connectivity index (χ0n) is 8.50. The molecule has 0 spiro atoms. The first-order chi connectivity index (χ1) is 8.16. The minimum atomic E-state index is -1.21. The Morgan fingerprint density at radius 2 is 2.18 bits per heavy atom. The predicted octanol–water partition coefficient (Wildman–Crippen LogP) is 2.47. The summed E-state index contributed by atoms with van der Waals surface area (Å²) in [6, 6.07) is 6.20. The molecule has 2 aromatic rings. The first-order valence-corrected chi connectivity index (χ1v) is 5.46. The van der Waals surface area contributed by atoms with Gasteiger partial charge in [-0.05, 0) is 30.0 Å². The Balaban J connectivity index is 2.36.